The molecular formula is C18H23N. The van der Waals surface area contributed by atoms with E-state index in [1.54, 1.807) is 0 Å². The first-order valence-electron chi connectivity index (χ1n) is 6.87. The Balaban J connectivity index is 0.000000741. The van der Waals surface area contributed by atoms with Crippen molar-refractivity contribution >= 4 is 0 Å². The van der Waals surface area contributed by atoms with Gasteiger partial charge in [0.25, 0.3) is 0 Å². The molecule has 19 heavy (non-hydrogen) atoms. The normalized spacial score (nSPS) is 8.21. The van der Waals surface area contributed by atoms with Gasteiger partial charge in [-0.15, -0.1) is 0 Å². The summed E-state index contributed by atoms with van der Waals surface area (Å²) in [6.45, 7) is 10.1. The average Bonchev–Trinajstić information content (AvgIpc) is 2.51. The van der Waals surface area contributed by atoms with Gasteiger partial charge in [-0.3, -0.25) is 0 Å². The lowest BCUT2D eigenvalue weighted by molar-refractivity contribution is 1.46. The van der Waals surface area contributed by atoms with Crippen LogP contribution in [0.1, 0.15) is 38.8 Å². The van der Waals surface area contributed by atoms with Crippen molar-refractivity contribution in [2.24, 2.45) is 0 Å². The van der Waals surface area contributed by atoms with Crippen LogP contribution < -0.4 is 0 Å². The average molecular weight is 253 g/mol. The molecule has 0 amide bonds. The van der Waals surface area contributed by atoms with Crippen molar-refractivity contribution < 1.29 is 0 Å². The van der Waals surface area contributed by atoms with Crippen molar-refractivity contribution in [3.05, 3.63) is 59.7 Å². The number of rotatable bonds is 1. The van der Waals surface area contributed by atoms with Crippen molar-refractivity contribution in [2.45, 2.75) is 34.6 Å². The zero-order valence-electron chi connectivity index (χ0n) is 12.6. The maximum Gasteiger partial charge on any atom is 0.0991 e. The standard InChI is InChI=1S/C14H11N.2C2H6/c1-11-3-2-4-14(9-11)13-7-5-12(10-15)6-8-13;2*1-2/h2-9H,1H3;2*1-2H3. The van der Waals surface area contributed by atoms with E-state index >= 15 is 0 Å². The molecule has 0 heterocycles. The maximum atomic E-state index is 8.69. The van der Waals surface area contributed by atoms with Gasteiger partial charge in [-0.1, -0.05) is 69.7 Å². The fourth-order valence-corrected chi connectivity index (χ4v) is 1.56. The molecule has 0 radical (unpaired) electrons. The minimum absolute atomic E-state index is 0.700. The minimum atomic E-state index is 0.700. The number of hydrogen-bond donors (Lipinski definition) is 0. The zero-order valence-corrected chi connectivity index (χ0v) is 12.6. The molecule has 0 atom stereocenters. The molecule has 0 unspecified atom stereocenters. The molecule has 0 saturated carbocycles. The van der Waals surface area contributed by atoms with Crippen molar-refractivity contribution in [1.29, 1.82) is 5.26 Å². The second-order valence-electron chi connectivity index (χ2n) is 3.56. The summed E-state index contributed by atoms with van der Waals surface area (Å²) in [5.41, 5.74) is 4.29. The fraction of sp³-hybridized carbons (Fsp3) is 0.278. The van der Waals surface area contributed by atoms with E-state index in [1.165, 1.54) is 11.1 Å². The Morgan fingerprint density at radius 2 is 1.37 bits per heavy atom. The van der Waals surface area contributed by atoms with E-state index in [4.69, 9.17) is 5.26 Å². The summed E-state index contributed by atoms with van der Waals surface area (Å²) in [6.07, 6.45) is 0. The fourth-order valence-electron chi connectivity index (χ4n) is 1.56. The minimum Gasteiger partial charge on any atom is -0.192 e. The van der Waals surface area contributed by atoms with E-state index < -0.39 is 0 Å². The molecule has 0 N–H and O–H groups in total. The van der Waals surface area contributed by atoms with Crippen LogP contribution in [0.4, 0.5) is 0 Å². The first-order chi connectivity index (χ1) is 9.29. The first kappa shape index (κ1) is 16.9. The van der Waals surface area contributed by atoms with Crippen LogP contribution in [0.25, 0.3) is 11.1 Å². The van der Waals surface area contributed by atoms with Gasteiger partial charge in [-0.25, -0.2) is 0 Å². The Kier molecular flexibility index (Phi) is 8.83. The molecule has 0 aliphatic rings. The number of benzene rings is 2. The SMILES string of the molecule is CC.CC.Cc1cccc(-c2ccc(C#N)cc2)c1. The zero-order chi connectivity index (χ0) is 14.7. The smallest absolute Gasteiger partial charge is 0.0991 e. The van der Waals surface area contributed by atoms with Crippen molar-refractivity contribution in [2.75, 3.05) is 0 Å². The Hall–Kier alpha value is -2.07. The molecule has 2 aromatic rings. The van der Waals surface area contributed by atoms with E-state index in [2.05, 4.69) is 31.2 Å². The van der Waals surface area contributed by atoms with Crippen LogP contribution in [0, 0.1) is 18.3 Å². The molecule has 0 aromatic heterocycles. The summed E-state index contributed by atoms with van der Waals surface area (Å²) in [5.74, 6) is 0. The molecule has 0 fully saturated rings. The molecule has 0 aliphatic carbocycles. The molecule has 100 valence electrons. The second kappa shape index (κ2) is 9.91. The van der Waals surface area contributed by atoms with E-state index in [9.17, 15) is 0 Å². The third-order valence-corrected chi connectivity index (χ3v) is 2.37. The van der Waals surface area contributed by atoms with Gasteiger partial charge in [-0.2, -0.15) is 5.26 Å². The topological polar surface area (TPSA) is 23.8 Å². The third-order valence-electron chi connectivity index (χ3n) is 2.37. The molecule has 1 nitrogen and oxygen atoms in total. The van der Waals surface area contributed by atoms with Crippen LogP contribution in [0.5, 0.6) is 0 Å². The maximum absolute atomic E-state index is 8.69. The largest absolute Gasteiger partial charge is 0.192 e. The van der Waals surface area contributed by atoms with Crippen LogP contribution in [0.3, 0.4) is 0 Å². The van der Waals surface area contributed by atoms with Gasteiger partial charge in [0.2, 0.25) is 0 Å². The first-order valence-corrected chi connectivity index (χ1v) is 6.87. The van der Waals surface area contributed by atoms with Crippen molar-refractivity contribution in [3.63, 3.8) is 0 Å². The Bertz CT molecular complexity index is 504. The molecule has 0 spiro atoms. The van der Waals surface area contributed by atoms with Gasteiger partial charge in [0, 0.05) is 0 Å². The second-order valence-corrected chi connectivity index (χ2v) is 3.56. The van der Waals surface area contributed by atoms with Crippen LogP contribution in [0.2, 0.25) is 0 Å². The lowest BCUT2D eigenvalue weighted by Crippen LogP contribution is -1.80. The van der Waals surface area contributed by atoms with Crippen LogP contribution in [0.15, 0.2) is 48.5 Å². The van der Waals surface area contributed by atoms with Gasteiger partial charge in [0.05, 0.1) is 11.6 Å². The van der Waals surface area contributed by atoms with E-state index in [0.29, 0.717) is 5.56 Å². The summed E-state index contributed by atoms with van der Waals surface area (Å²) in [4.78, 5) is 0. The Morgan fingerprint density at radius 1 is 0.789 bits per heavy atom. The van der Waals surface area contributed by atoms with Gasteiger partial charge in [-0.05, 0) is 30.2 Å². The Labute approximate surface area is 117 Å². The summed E-state index contributed by atoms with van der Waals surface area (Å²) in [7, 11) is 0. The quantitative estimate of drug-likeness (QED) is 0.650. The predicted octanol–water partition coefficient (Wildman–Crippen LogP) is 5.59. The molecule has 0 bridgehead atoms. The van der Waals surface area contributed by atoms with E-state index in [-0.39, 0.29) is 0 Å². The molecular weight excluding hydrogens is 230 g/mol. The summed E-state index contributed by atoms with van der Waals surface area (Å²) >= 11 is 0. The molecule has 0 saturated heterocycles. The highest BCUT2D eigenvalue weighted by molar-refractivity contribution is 5.64. The lowest BCUT2D eigenvalue weighted by Gasteiger charge is -2.02. The van der Waals surface area contributed by atoms with Gasteiger partial charge >= 0.3 is 0 Å². The number of nitrogens with zero attached hydrogens (tertiary/aromatic N) is 1. The number of aryl methyl sites for hydroxylation is 1. The van der Waals surface area contributed by atoms with E-state index in [0.717, 1.165) is 5.56 Å². The summed E-state index contributed by atoms with van der Waals surface area (Å²) < 4.78 is 0. The van der Waals surface area contributed by atoms with Crippen molar-refractivity contribution in [1.82, 2.24) is 0 Å². The van der Waals surface area contributed by atoms with Crippen LogP contribution >= 0.6 is 0 Å². The highest BCUT2D eigenvalue weighted by Gasteiger charge is 1.97. The van der Waals surface area contributed by atoms with E-state index in [1.807, 2.05) is 58.0 Å². The molecule has 1 heteroatoms. The Morgan fingerprint density at radius 3 is 1.84 bits per heavy atom. The predicted molar refractivity (Wildman–Crippen MR) is 84.0 cm³/mol. The van der Waals surface area contributed by atoms with Gasteiger partial charge in [0.15, 0.2) is 0 Å². The molecule has 2 rings (SSSR count). The van der Waals surface area contributed by atoms with Crippen LogP contribution in [-0.2, 0) is 0 Å². The monoisotopic (exact) mass is 253 g/mol. The summed E-state index contributed by atoms with van der Waals surface area (Å²) in [6, 6.07) is 18.1. The molecule has 0 aliphatic heterocycles. The molecule has 2 aromatic carbocycles. The number of nitriles is 1. The summed E-state index contributed by atoms with van der Waals surface area (Å²) in [5, 5.41) is 8.69. The highest BCUT2D eigenvalue weighted by Crippen LogP contribution is 2.20. The van der Waals surface area contributed by atoms with Gasteiger partial charge in [0.1, 0.15) is 0 Å². The highest BCUT2D eigenvalue weighted by atomic mass is 14.2. The third kappa shape index (κ3) is 5.40. The van der Waals surface area contributed by atoms with Crippen molar-refractivity contribution in [3.8, 4) is 17.2 Å². The van der Waals surface area contributed by atoms with Gasteiger partial charge < -0.3 is 0 Å². The number of hydrogen-bond acceptors (Lipinski definition) is 1. The van der Waals surface area contributed by atoms with Crippen LogP contribution in [-0.4, -0.2) is 0 Å². The lowest BCUT2D eigenvalue weighted by atomic mass is 10.0.